The van der Waals surface area contributed by atoms with Crippen molar-refractivity contribution in [2.24, 2.45) is 0 Å². The van der Waals surface area contributed by atoms with Crippen LogP contribution in [-0.4, -0.2) is 29.5 Å². The molecular formula is C20H19ClN2O4. The van der Waals surface area contributed by atoms with Crippen LogP contribution in [0.5, 0.6) is 11.5 Å². The smallest absolute Gasteiger partial charge is 0.338 e. The number of carbonyl (C=O) groups excluding carboxylic acids is 1. The highest BCUT2D eigenvalue weighted by molar-refractivity contribution is 6.32. The number of benzene rings is 2. The molecule has 0 aliphatic rings. The molecule has 0 spiro atoms. The molecule has 0 N–H and O–H groups in total. The Hall–Kier alpha value is -2.99. The van der Waals surface area contributed by atoms with Gasteiger partial charge in [0.15, 0.2) is 11.5 Å². The van der Waals surface area contributed by atoms with Crippen LogP contribution in [-0.2, 0) is 11.3 Å². The second kappa shape index (κ2) is 8.60. The van der Waals surface area contributed by atoms with E-state index in [1.54, 1.807) is 16.9 Å². The van der Waals surface area contributed by atoms with E-state index < -0.39 is 5.97 Å². The molecule has 0 fully saturated rings. The average molecular weight is 387 g/mol. The molecule has 3 rings (SSSR count). The molecule has 0 radical (unpaired) electrons. The van der Waals surface area contributed by atoms with E-state index in [-0.39, 0.29) is 6.61 Å². The molecule has 0 bridgehead atoms. The van der Waals surface area contributed by atoms with Crippen molar-refractivity contribution in [3.05, 3.63) is 71.0 Å². The third kappa shape index (κ3) is 4.41. The lowest BCUT2D eigenvalue weighted by atomic mass is 10.2. The van der Waals surface area contributed by atoms with Crippen LogP contribution in [0.1, 0.15) is 22.8 Å². The zero-order valence-corrected chi connectivity index (χ0v) is 15.8. The van der Waals surface area contributed by atoms with E-state index in [1.807, 2.05) is 43.5 Å². The zero-order chi connectivity index (χ0) is 19.2. The number of carbonyl (C=O) groups is 1. The van der Waals surface area contributed by atoms with E-state index in [0.29, 0.717) is 28.7 Å². The zero-order valence-electron chi connectivity index (χ0n) is 15.0. The normalized spacial score (nSPS) is 10.5. The van der Waals surface area contributed by atoms with Crippen LogP contribution in [0.4, 0.5) is 0 Å². The molecule has 0 aliphatic carbocycles. The first kappa shape index (κ1) is 18.8. The largest absolute Gasteiger partial charge is 0.493 e. The van der Waals surface area contributed by atoms with Gasteiger partial charge in [0, 0.05) is 12.4 Å². The standard InChI is InChI=1S/C20H19ClN2O4/c1-3-26-19-17(21)11-15(12-18(19)25-2)20(24)27-13-14-5-7-16(8-6-14)23-10-4-9-22-23/h4-12H,3,13H2,1-2H3. The fraction of sp³-hybridized carbons (Fsp3) is 0.200. The molecule has 2 aromatic carbocycles. The number of halogens is 1. The van der Waals surface area contributed by atoms with Gasteiger partial charge in [0.1, 0.15) is 6.61 Å². The number of aromatic nitrogens is 2. The second-order valence-electron chi connectivity index (χ2n) is 5.62. The van der Waals surface area contributed by atoms with Crippen LogP contribution in [0.2, 0.25) is 5.02 Å². The molecule has 27 heavy (non-hydrogen) atoms. The predicted molar refractivity (Wildman–Crippen MR) is 102 cm³/mol. The maximum absolute atomic E-state index is 12.4. The van der Waals surface area contributed by atoms with E-state index in [4.69, 9.17) is 25.8 Å². The highest BCUT2D eigenvalue weighted by Crippen LogP contribution is 2.36. The van der Waals surface area contributed by atoms with Crippen LogP contribution in [0.3, 0.4) is 0 Å². The maximum atomic E-state index is 12.4. The molecule has 7 heteroatoms. The molecule has 0 saturated heterocycles. The van der Waals surface area contributed by atoms with Crippen molar-refractivity contribution < 1.29 is 19.0 Å². The molecule has 0 saturated carbocycles. The molecule has 1 heterocycles. The average Bonchev–Trinajstić information content (AvgIpc) is 3.22. The molecule has 0 unspecified atom stereocenters. The minimum atomic E-state index is -0.491. The van der Waals surface area contributed by atoms with E-state index in [1.165, 1.54) is 13.2 Å². The van der Waals surface area contributed by atoms with E-state index in [0.717, 1.165) is 11.3 Å². The van der Waals surface area contributed by atoms with Gasteiger partial charge in [-0.15, -0.1) is 0 Å². The Kier molecular flexibility index (Phi) is 5.98. The summed E-state index contributed by atoms with van der Waals surface area (Å²) in [7, 11) is 1.49. The number of hydrogen-bond acceptors (Lipinski definition) is 5. The second-order valence-corrected chi connectivity index (χ2v) is 6.02. The number of hydrogen-bond donors (Lipinski definition) is 0. The predicted octanol–water partition coefficient (Wildman–Crippen LogP) is 4.29. The first-order chi connectivity index (χ1) is 13.1. The number of methoxy groups -OCH3 is 1. The van der Waals surface area contributed by atoms with Crippen LogP contribution in [0.15, 0.2) is 54.9 Å². The maximum Gasteiger partial charge on any atom is 0.338 e. The van der Waals surface area contributed by atoms with E-state index in [2.05, 4.69) is 5.10 Å². The summed E-state index contributed by atoms with van der Waals surface area (Å²) in [5.74, 6) is 0.307. The summed E-state index contributed by atoms with van der Waals surface area (Å²) in [5, 5.41) is 4.47. The van der Waals surface area contributed by atoms with Gasteiger partial charge >= 0.3 is 5.97 Å². The van der Waals surface area contributed by atoms with Crippen molar-refractivity contribution in [3.8, 4) is 17.2 Å². The van der Waals surface area contributed by atoms with Gasteiger partial charge in [-0.1, -0.05) is 23.7 Å². The van der Waals surface area contributed by atoms with Crippen LogP contribution in [0, 0.1) is 0 Å². The Morgan fingerprint density at radius 2 is 2.00 bits per heavy atom. The van der Waals surface area contributed by atoms with Gasteiger partial charge in [0.25, 0.3) is 0 Å². The number of esters is 1. The van der Waals surface area contributed by atoms with Gasteiger partial charge in [-0.2, -0.15) is 5.10 Å². The summed E-state index contributed by atoms with van der Waals surface area (Å²) in [6, 6.07) is 12.5. The Balaban J connectivity index is 1.68. The summed E-state index contributed by atoms with van der Waals surface area (Å²) >= 11 is 6.20. The van der Waals surface area contributed by atoms with Crippen LogP contribution in [0.25, 0.3) is 5.69 Å². The lowest BCUT2D eigenvalue weighted by molar-refractivity contribution is 0.0472. The summed E-state index contributed by atoms with van der Waals surface area (Å²) < 4.78 is 17.8. The minimum Gasteiger partial charge on any atom is -0.493 e. The Morgan fingerprint density at radius 1 is 1.22 bits per heavy atom. The third-order valence-electron chi connectivity index (χ3n) is 3.83. The summed E-state index contributed by atoms with van der Waals surface area (Å²) in [4.78, 5) is 12.4. The first-order valence-electron chi connectivity index (χ1n) is 8.38. The third-order valence-corrected chi connectivity index (χ3v) is 4.11. The molecular weight excluding hydrogens is 368 g/mol. The SMILES string of the molecule is CCOc1c(Cl)cc(C(=O)OCc2ccc(-n3cccn3)cc2)cc1OC. The van der Waals surface area contributed by atoms with Gasteiger partial charge in [-0.25, -0.2) is 9.48 Å². The molecule has 0 amide bonds. The van der Waals surface area contributed by atoms with Crippen molar-refractivity contribution in [2.45, 2.75) is 13.5 Å². The van der Waals surface area contributed by atoms with Gasteiger partial charge in [-0.3, -0.25) is 0 Å². The lowest BCUT2D eigenvalue weighted by Crippen LogP contribution is -2.07. The number of nitrogens with zero attached hydrogens (tertiary/aromatic N) is 2. The highest BCUT2D eigenvalue weighted by Gasteiger charge is 2.16. The first-order valence-corrected chi connectivity index (χ1v) is 8.76. The highest BCUT2D eigenvalue weighted by atomic mass is 35.5. The van der Waals surface area contributed by atoms with E-state index in [9.17, 15) is 4.79 Å². The summed E-state index contributed by atoms with van der Waals surface area (Å²) in [6.45, 7) is 2.43. The van der Waals surface area contributed by atoms with Gasteiger partial charge < -0.3 is 14.2 Å². The van der Waals surface area contributed by atoms with Crippen molar-refractivity contribution in [1.29, 1.82) is 0 Å². The Bertz CT molecular complexity index is 908. The number of ether oxygens (including phenoxy) is 3. The lowest BCUT2D eigenvalue weighted by Gasteiger charge is -2.13. The molecule has 0 aliphatic heterocycles. The van der Waals surface area contributed by atoms with E-state index >= 15 is 0 Å². The molecule has 0 atom stereocenters. The summed E-state index contributed by atoms with van der Waals surface area (Å²) in [5.41, 5.74) is 2.09. The van der Waals surface area contributed by atoms with Crippen LogP contribution >= 0.6 is 11.6 Å². The molecule has 140 valence electrons. The molecule has 3 aromatic rings. The Morgan fingerprint density at radius 3 is 2.63 bits per heavy atom. The van der Waals surface area contributed by atoms with Gasteiger partial charge in [0.2, 0.25) is 0 Å². The van der Waals surface area contributed by atoms with Gasteiger partial charge in [0.05, 0.1) is 30.0 Å². The van der Waals surface area contributed by atoms with Crippen molar-refractivity contribution in [1.82, 2.24) is 9.78 Å². The molecule has 6 nitrogen and oxygen atoms in total. The fourth-order valence-electron chi connectivity index (χ4n) is 2.52. The quantitative estimate of drug-likeness (QED) is 0.567. The fourth-order valence-corrected chi connectivity index (χ4v) is 2.79. The topological polar surface area (TPSA) is 62.6 Å². The summed E-state index contributed by atoms with van der Waals surface area (Å²) in [6.07, 6.45) is 3.57. The van der Waals surface area contributed by atoms with Crippen LogP contribution < -0.4 is 9.47 Å². The van der Waals surface area contributed by atoms with Crippen molar-refractivity contribution in [2.75, 3.05) is 13.7 Å². The van der Waals surface area contributed by atoms with Crippen molar-refractivity contribution in [3.63, 3.8) is 0 Å². The van der Waals surface area contributed by atoms with Crippen molar-refractivity contribution >= 4 is 17.6 Å². The monoisotopic (exact) mass is 386 g/mol. The molecule has 1 aromatic heterocycles. The Labute approximate surface area is 162 Å². The minimum absolute atomic E-state index is 0.144. The number of rotatable bonds is 7. The van der Waals surface area contributed by atoms with Gasteiger partial charge in [-0.05, 0) is 42.8 Å².